The molecule has 2 unspecified atom stereocenters. The summed E-state index contributed by atoms with van der Waals surface area (Å²) in [5, 5.41) is 0. The topological polar surface area (TPSA) is 32.5 Å². The maximum Gasteiger partial charge on any atom is 0.0259 e. The minimum atomic E-state index is 0.476. The van der Waals surface area contributed by atoms with Crippen molar-refractivity contribution in [3.63, 3.8) is 0 Å². The summed E-state index contributed by atoms with van der Waals surface area (Å²) in [6.45, 7) is 9.93. The van der Waals surface area contributed by atoms with Crippen LogP contribution in [0.1, 0.15) is 19.4 Å². The van der Waals surface area contributed by atoms with Crippen LogP contribution in [0.2, 0.25) is 0 Å². The van der Waals surface area contributed by atoms with E-state index >= 15 is 0 Å². The van der Waals surface area contributed by atoms with Crippen molar-refractivity contribution in [2.75, 3.05) is 32.7 Å². The van der Waals surface area contributed by atoms with Gasteiger partial charge >= 0.3 is 0 Å². The number of benzene rings is 1. The summed E-state index contributed by atoms with van der Waals surface area (Å²) >= 11 is 0. The van der Waals surface area contributed by atoms with Crippen molar-refractivity contribution in [2.45, 2.75) is 32.4 Å². The summed E-state index contributed by atoms with van der Waals surface area (Å²) in [5.41, 5.74) is 7.40. The van der Waals surface area contributed by atoms with E-state index in [1.54, 1.807) is 0 Å². The van der Waals surface area contributed by atoms with Gasteiger partial charge in [0.05, 0.1) is 0 Å². The minimum absolute atomic E-state index is 0.476. The number of rotatable bonds is 5. The van der Waals surface area contributed by atoms with E-state index in [4.69, 9.17) is 5.73 Å². The van der Waals surface area contributed by atoms with E-state index in [9.17, 15) is 0 Å². The largest absolute Gasteiger partial charge is 0.329 e. The first-order chi connectivity index (χ1) is 9.24. The SMILES string of the molecule is CCN1CCN(C(CN)Cc2ccccc2)CC1C. The van der Waals surface area contributed by atoms with Crippen molar-refractivity contribution < 1.29 is 0 Å². The van der Waals surface area contributed by atoms with E-state index in [2.05, 4.69) is 54.0 Å². The van der Waals surface area contributed by atoms with Crippen molar-refractivity contribution in [2.24, 2.45) is 5.73 Å². The zero-order valence-corrected chi connectivity index (χ0v) is 12.3. The van der Waals surface area contributed by atoms with Gasteiger partial charge in [0.25, 0.3) is 0 Å². The van der Waals surface area contributed by atoms with Gasteiger partial charge in [-0.25, -0.2) is 0 Å². The average Bonchev–Trinajstić information content (AvgIpc) is 2.46. The van der Waals surface area contributed by atoms with Gasteiger partial charge < -0.3 is 5.73 Å². The molecule has 3 nitrogen and oxygen atoms in total. The molecule has 0 bridgehead atoms. The molecule has 1 fully saturated rings. The van der Waals surface area contributed by atoms with Crippen LogP contribution in [0, 0.1) is 0 Å². The van der Waals surface area contributed by atoms with Crippen LogP contribution in [0.4, 0.5) is 0 Å². The number of nitrogens with two attached hydrogens (primary N) is 1. The first kappa shape index (κ1) is 14.5. The lowest BCUT2D eigenvalue weighted by atomic mass is 10.0. The van der Waals surface area contributed by atoms with Crippen LogP contribution >= 0.6 is 0 Å². The van der Waals surface area contributed by atoms with E-state index < -0.39 is 0 Å². The molecule has 0 aromatic heterocycles. The molecule has 0 radical (unpaired) electrons. The highest BCUT2D eigenvalue weighted by atomic mass is 15.3. The third kappa shape index (κ3) is 3.78. The average molecular weight is 261 g/mol. The summed E-state index contributed by atoms with van der Waals surface area (Å²) in [6, 6.07) is 11.8. The second-order valence-corrected chi connectivity index (χ2v) is 5.55. The fourth-order valence-corrected chi connectivity index (χ4v) is 3.07. The Labute approximate surface area is 117 Å². The van der Waals surface area contributed by atoms with Gasteiger partial charge in [-0.05, 0) is 25.5 Å². The van der Waals surface area contributed by atoms with Crippen molar-refractivity contribution in [1.29, 1.82) is 0 Å². The maximum atomic E-state index is 6.01. The Bertz CT molecular complexity index is 366. The first-order valence-electron chi connectivity index (χ1n) is 7.46. The number of likely N-dealkylation sites (N-methyl/N-ethyl adjacent to an activating group) is 1. The van der Waals surface area contributed by atoms with E-state index in [0.717, 1.165) is 32.6 Å². The number of hydrogen-bond acceptors (Lipinski definition) is 3. The first-order valence-corrected chi connectivity index (χ1v) is 7.46. The van der Waals surface area contributed by atoms with Gasteiger partial charge in [-0.3, -0.25) is 9.80 Å². The molecular formula is C16H27N3. The molecule has 1 saturated heterocycles. The molecule has 1 aliphatic rings. The van der Waals surface area contributed by atoms with Crippen LogP contribution in [-0.2, 0) is 6.42 Å². The van der Waals surface area contributed by atoms with Crippen LogP contribution < -0.4 is 5.73 Å². The molecule has 2 N–H and O–H groups in total. The number of nitrogens with zero attached hydrogens (tertiary/aromatic N) is 2. The molecule has 1 aromatic carbocycles. The molecule has 0 saturated carbocycles. The van der Waals surface area contributed by atoms with Gasteiger partial charge in [-0.1, -0.05) is 37.3 Å². The molecular weight excluding hydrogens is 234 g/mol. The van der Waals surface area contributed by atoms with Crippen LogP contribution in [0.3, 0.4) is 0 Å². The lowest BCUT2D eigenvalue weighted by Gasteiger charge is -2.42. The van der Waals surface area contributed by atoms with Gasteiger partial charge in [-0.15, -0.1) is 0 Å². The standard InChI is InChI=1S/C16H27N3/c1-3-18-9-10-19(13-14(18)2)16(12-17)11-15-7-5-4-6-8-15/h4-8,14,16H,3,9-13,17H2,1-2H3. The summed E-state index contributed by atoms with van der Waals surface area (Å²) in [4.78, 5) is 5.12. The summed E-state index contributed by atoms with van der Waals surface area (Å²) < 4.78 is 0. The van der Waals surface area contributed by atoms with Gasteiger partial charge in [0.2, 0.25) is 0 Å². The fourth-order valence-electron chi connectivity index (χ4n) is 3.07. The van der Waals surface area contributed by atoms with Crippen molar-refractivity contribution in [3.8, 4) is 0 Å². The van der Waals surface area contributed by atoms with E-state index in [1.165, 1.54) is 12.1 Å². The molecule has 19 heavy (non-hydrogen) atoms. The third-order valence-corrected chi connectivity index (χ3v) is 4.31. The highest BCUT2D eigenvalue weighted by molar-refractivity contribution is 5.16. The lowest BCUT2D eigenvalue weighted by molar-refractivity contribution is 0.0609. The summed E-state index contributed by atoms with van der Waals surface area (Å²) in [7, 11) is 0. The van der Waals surface area contributed by atoms with Crippen LogP contribution in [0.15, 0.2) is 30.3 Å². The Hall–Kier alpha value is -0.900. The Balaban J connectivity index is 1.95. The molecule has 2 rings (SSSR count). The zero-order valence-electron chi connectivity index (χ0n) is 12.3. The molecule has 3 heteroatoms. The molecule has 0 aliphatic carbocycles. The van der Waals surface area contributed by atoms with Crippen molar-refractivity contribution >= 4 is 0 Å². The van der Waals surface area contributed by atoms with Crippen molar-refractivity contribution in [3.05, 3.63) is 35.9 Å². The highest BCUT2D eigenvalue weighted by Gasteiger charge is 2.26. The van der Waals surface area contributed by atoms with Gasteiger partial charge in [-0.2, -0.15) is 0 Å². The molecule has 2 atom stereocenters. The predicted molar refractivity (Wildman–Crippen MR) is 81.3 cm³/mol. The molecule has 1 aliphatic heterocycles. The highest BCUT2D eigenvalue weighted by Crippen LogP contribution is 2.14. The smallest absolute Gasteiger partial charge is 0.0259 e. The van der Waals surface area contributed by atoms with Crippen LogP contribution in [0.25, 0.3) is 0 Å². The summed E-state index contributed by atoms with van der Waals surface area (Å²) in [6.07, 6.45) is 1.07. The normalized spacial score (nSPS) is 23.4. The quantitative estimate of drug-likeness (QED) is 0.873. The van der Waals surface area contributed by atoms with Crippen LogP contribution in [0.5, 0.6) is 0 Å². The monoisotopic (exact) mass is 261 g/mol. The maximum absolute atomic E-state index is 6.01. The molecule has 1 aromatic rings. The number of hydrogen-bond donors (Lipinski definition) is 1. The van der Waals surface area contributed by atoms with Gasteiger partial charge in [0, 0.05) is 38.3 Å². The molecule has 0 amide bonds. The zero-order chi connectivity index (χ0) is 13.7. The molecule has 106 valence electrons. The third-order valence-electron chi connectivity index (χ3n) is 4.31. The predicted octanol–water partition coefficient (Wildman–Crippen LogP) is 1.58. The Kier molecular flexibility index (Phi) is 5.37. The Morgan fingerprint density at radius 1 is 1.26 bits per heavy atom. The fraction of sp³-hybridized carbons (Fsp3) is 0.625. The van der Waals surface area contributed by atoms with Gasteiger partial charge in [0.1, 0.15) is 0 Å². The van der Waals surface area contributed by atoms with Crippen molar-refractivity contribution in [1.82, 2.24) is 9.80 Å². The Morgan fingerprint density at radius 3 is 2.58 bits per heavy atom. The van der Waals surface area contributed by atoms with Gasteiger partial charge in [0.15, 0.2) is 0 Å². The van der Waals surface area contributed by atoms with E-state index in [0.29, 0.717) is 12.1 Å². The summed E-state index contributed by atoms with van der Waals surface area (Å²) in [5.74, 6) is 0. The minimum Gasteiger partial charge on any atom is -0.329 e. The Morgan fingerprint density at radius 2 is 2.00 bits per heavy atom. The second-order valence-electron chi connectivity index (χ2n) is 5.55. The second kappa shape index (κ2) is 7.04. The lowest BCUT2D eigenvalue weighted by Crippen LogP contribution is -2.56. The number of piperazine rings is 1. The molecule has 1 heterocycles. The van der Waals surface area contributed by atoms with E-state index in [-0.39, 0.29) is 0 Å². The van der Waals surface area contributed by atoms with Crippen LogP contribution in [-0.4, -0.2) is 54.6 Å². The molecule has 0 spiro atoms. The van der Waals surface area contributed by atoms with E-state index in [1.807, 2.05) is 0 Å².